The number of ether oxygens (including phenoxy) is 1. The lowest BCUT2D eigenvalue weighted by Gasteiger charge is -2.35. The Kier molecular flexibility index (Phi) is 4.26. The first-order chi connectivity index (χ1) is 10.2. The maximum Gasteiger partial charge on any atom is 0.227 e. The highest BCUT2D eigenvalue weighted by molar-refractivity contribution is 5.80. The molecule has 0 bridgehead atoms. The van der Waals surface area contributed by atoms with E-state index in [1.165, 1.54) is 0 Å². The summed E-state index contributed by atoms with van der Waals surface area (Å²) >= 11 is 0. The molecule has 2 aliphatic rings. The van der Waals surface area contributed by atoms with Crippen LogP contribution in [-0.4, -0.2) is 59.5 Å². The molecule has 6 nitrogen and oxygen atoms in total. The molecule has 1 N–H and O–H groups in total. The van der Waals surface area contributed by atoms with Gasteiger partial charge in [0.2, 0.25) is 5.91 Å². The molecule has 0 aliphatic carbocycles. The van der Waals surface area contributed by atoms with Gasteiger partial charge in [0.15, 0.2) is 0 Å². The van der Waals surface area contributed by atoms with E-state index in [4.69, 9.17) is 4.74 Å². The number of aryl methyl sites for hydroxylation is 1. The van der Waals surface area contributed by atoms with Gasteiger partial charge in [-0.1, -0.05) is 6.92 Å². The van der Waals surface area contributed by atoms with Crippen LogP contribution in [0.25, 0.3) is 0 Å². The molecule has 1 amide bonds. The van der Waals surface area contributed by atoms with E-state index >= 15 is 0 Å². The van der Waals surface area contributed by atoms with Gasteiger partial charge in [-0.15, -0.1) is 0 Å². The van der Waals surface area contributed by atoms with Crippen LogP contribution in [0.2, 0.25) is 0 Å². The summed E-state index contributed by atoms with van der Waals surface area (Å²) in [5.74, 6) is 0.509. The van der Waals surface area contributed by atoms with Gasteiger partial charge in [0.1, 0.15) is 0 Å². The SMILES string of the molecule is CCC1CN(C(=O)[C@H]2CNC[C@@H]2c2cnn(C)c2)CCO1. The van der Waals surface area contributed by atoms with Crippen molar-refractivity contribution in [3.63, 3.8) is 0 Å². The number of rotatable bonds is 3. The number of carbonyl (C=O) groups excluding carboxylic acids is 1. The zero-order valence-corrected chi connectivity index (χ0v) is 12.8. The molecule has 6 heteroatoms. The van der Waals surface area contributed by atoms with Gasteiger partial charge in [0, 0.05) is 45.3 Å². The minimum absolute atomic E-state index is 0.0183. The Morgan fingerprint density at radius 1 is 1.52 bits per heavy atom. The Morgan fingerprint density at radius 3 is 3.10 bits per heavy atom. The number of morpholine rings is 1. The topological polar surface area (TPSA) is 59.4 Å². The van der Waals surface area contributed by atoms with Gasteiger partial charge in [-0.25, -0.2) is 0 Å². The molecule has 1 unspecified atom stereocenters. The van der Waals surface area contributed by atoms with Crippen molar-refractivity contribution < 1.29 is 9.53 Å². The van der Waals surface area contributed by atoms with Crippen LogP contribution in [0.4, 0.5) is 0 Å². The molecule has 1 aromatic rings. The fourth-order valence-corrected chi connectivity index (χ4v) is 3.32. The number of hydrogen-bond donors (Lipinski definition) is 1. The lowest BCUT2D eigenvalue weighted by Crippen LogP contribution is -2.48. The van der Waals surface area contributed by atoms with Crippen LogP contribution < -0.4 is 5.32 Å². The second-order valence-electron chi connectivity index (χ2n) is 6.00. The van der Waals surface area contributed by atoms with Crippen molar-refractivity contribution in [3.8, 4) is 0 Å². The zero-order chi connectivity index (χ0) is 14.8. The minimum Gasteiger partial charge on any atom is -0.375 e. The predicted octanol–water partition coefficient (Wildman–Crippen LogP) is 0.361. The molecule has 3 rings (SSSR count). The maximum atomic E-state index is 12.9. The Hall–Kier alpha value is -1.40. The summed E-state index contributed by atoms with van der Waals surface area (Å²) in [6.45, 7) is 5.81. The van der Waals surface area contributed by atoms with E-state index < -0.39 is 0 Å². The van der Waals surface area contributed by atoms with Crippen LogP contribution in [0.3, 0.4) is 0 Å². The van der Waals surface area contributed by atoms with Crippen molar-refractivity contribution in [2.45, 2.75) is 25.4 Å². The van der Waals surface area contributed by atoms with Gasteiger partial charge in [0.05, 0.1) is 24.8 Å². The largest absolute Gasteiger partial charge is 0.375 e. The number of aromatic nitrogens is 2. The Morgan fingerprint density at radius 2 is 2.38 bits per heavy atom. The van der Waals surface area contributed by atoms with Crippen LogP contribution in [0.5, 0.6) is 0 Å². The highest BCUT2D eigenvalue weighted by atomic mass is 16.5. The quantitative estimate of drug-likeness (QED) is 0.874. The van der Waals surface area contributed by atoms with Crippen molar-refractivity contribution in [2.75, 3.05) is 32.8 Å². The summed E-state index contributed by atoms with van der Waals surface area (Å²) in [4.78, 5) is 14.8. The van der Waals surface area contributed by atoms with Crippen molar-refractivity contribution >= 4 is 5.91 Å². The molecule has 0 radical (unpaired) electrons. The van der Waals surface area contributed by atoms with Gasteiger partial charge in [-0.2, -0.15) is 5.10 Å². The zero-order valence-electron chi connectivity index (χ0n) is 12.8. The summed E-state index contributed by atoms with van der Waals surface area (Å²) in [6, 6.07) is 0. The highest BCUT2D eigenvalue weighted by Crippen LogP contribution is 2.29. The second-order valence-corrected chi connectivity index (χ2v) is 6.00. The number of carbonyl (C=O) groups is 1. The first-order valence-electron chi connectivity index (χ1n) is 7.78. The van der Waals surface area contributed by atoms with Crippen molar-refractivity contribution in [1.82, 2.24) is 20.0 Å². The van der Waals surface area contributed by atoms with Gasteiger partial charge in [-0.3, -0.25) is 9.48 Å². The van der Waals surface area contributed by atoms with E-state index in [0.717, 1.165) is 31.6 Å². The summed E-state index contributed by atoms with van der Waals surface area (Å²) in [6.07, 6.45) is 5.05. The normalized spacial score (nSPS) is 29.8. The number of hydrogen-bond acceptors (Lipinski definition) is 4. The van der Waals surface area contributed by atoms with E-state index in [1.807, 2.05) is 24.3 Å². The predicted molar refractivity (Wildman–Crippen MR) is 78.9 cm³/mol. The summed E-state index contributed by atoms with van der Waals surface area (Å²) < 4.78 is 7.46. The van der Waals surface area contributed by atoms with Crippen molar-refractivity contribution in [3.05, 3.63) is 18.0 Å². The lowest BCUT2D eigenvalue weighted by atomic mass is 9.89. The third-order valence-electron chi connectivity index (χ3n) is 4.59. The highest BCUT2D eigenvalue weighted by Gasteiger charge is 2.38. The van der Waals surface area contributed by atoms with Crippen LogP contribution in [0.15, 0.2) is 12.4 Å². The Bertz CT molecular complexity index is 502. The molecular formula is C15H24N4O2. The monoisotopic (exact) mass is 292 g/mol. The average Bonchev–Trinajstić information content (AvgIpc) is 3.15. The molecule has 2 fully saturated rings. The smallest absolute Gasteiger partial charge is 0.227 e. The molecule has 2 saturated heterocycles. The summed E-state index contributed by atoms with van der Waals surface area (Å²) in [5.41, 5.74) is 1.15. The van der Waals surface area contributed by atoms with Crippen molar-refractivity contribution in [1.29, 1.82) is 0 Å². The van der Waals surface area contributed by atoms with Gasteiger partial charge < -0.3 is 15.0 Å². The molecule has 116 valence electrons. The number of amides is 1. The van der Waals surface area contributed by atoms with E-state index in [0.29, 0.717) is 13.2 Å². The third kappa shape index (κ3) is 2.96. The number of nitrogens with one attached hydrogen (secondary N) is 1. The average molecular weight is 292 g/mol. The number of nitrogens with zero attached hydrogens (tertiary/aromatic N) is 3. The van der Waals surface area contributed by atoms with Gasteiger partial charge >= 0.3 is 0 Å². The first kappa shape index (κ1) is 14.5. The third-order valence-corrected chi connectivity index (χ3v) is 4.59. The molecule has 0 spiro atoms. The minimum atomic E-state index is 0.0183. The van der Waals surface area contributed by atoms with Crippen LogP contribution in [0.1, 0.15) is 24.8 Å². The van der Waals surface area contributed by atoms with E-state index in [-0.39, 0.29) is 23.8 Å². The second kappa shape index (κ2) is 6.15. The van der Waals surface area contributed by atoms with Crippen molar-refractivity contribution in [2.24, 2.45) is 13.0 Å². The van der Waals surface area contributed by atoms with E-state index in [2.05, 4.69) is 17.3 Å². The van der Waals surface area contributed by atoms with Gasteiger partial charge in [0.25, 0.3) is 0 Å². The van der Waals surface area contributed by atoms with Crippen LogP contribution in [-0.2, 0) is 16.6 Å². The van der Waals surface area contributed by atoms with Gasteiger partial charge in [-0.05, 0) is 12.0 Å². The first-order valence-corrected chi connectivity index (χ1v) is 7.78. The van der Waals surface area contributed by atoms with Crippen LogP contribution >= 0.6 is 0 Å². The maximum absolute atomic E-state index is 12.9. The molecule has 3 atom stereocenters. The van der Waals surface area contributed by atoms with E-state index in [9.17, 15) is 4.79 Å². The molecule has 0 aromatic carbocycles. The van der Waals surface area contributed by atoms with E-state index in [1.54, 1.807) is 4.68 Å². The Balaban J connectivity index is 1.71. The molecule has 21 heavy (non-hydrogen) atoms. The molecule has 1 aromatic heterocycles. The Labute approximate surface area is 125 Å². The molecule has 3 heterocycles. The lowest BCUT2D eigenvalue weighted by molar-refractivity contribution is -0.143. The standard InChI is InChI=1S/C15H24N4O2/c1-3-12-10-19(4-5-21-12)15(20)14-8-16-7-13(14)11-6-17-18(2)9-11/h6,9,12-14,16H,3-5,7-8,10H2,1-2H3/t12?,13-,14+/m1/s1. The molecular weight excluding hydrogens is 268 g/mol. The summed E-state index contributed by atoms with van der Waals surface area (Å²) in [7, 11) is 1.91. The fourth-order valence-electron chi connectivity index (χ4n) is 3.32. The fraction of sp³-hybridized carbons (Fsp3) is 0.733. The molecule has 2 aliphatic heterocycles. The van der Waals surface area contributed by atoms with Crippen LogP contribution in [0, 0.1) is 5.92 Å². The summed E-state index contributed by atoms with van der Waals surface area (Å²) in [5, 5.41) is 7.60. The molecule has 0 saturated carbocycles.